The molecule has 4 nitrogen and oxygen atoms in total. The summed E-state index contributed by atoms with van der Waals surface area (Å²) in [5.74, 6) is 0.890. The lowest BCUT2D eigenvalue weighted by molar-refractivity contribution is 0.105. The zero-order chi connectivity index (χ0) is 17.3. The molecule has 0 aliphatic heterocycles. The maximum atomic E-state index is 5.60. The van der Waals surface area contributed by atoms with E-state index in [-0.39, 0.29) is 24.0 Å². The first-order valence-electron chi connectivity index (χ1n) is 9.26. The van der Waals surface area contributed by atoms with Crippen LogP contribution < -0.4 is 10.6 Å². The minimum Gasteiger partial charge on any atom is -0.382 e. The summed E-state index contributed by atoms with van der Waals surface area (Å²) in [5, 5.41) is 6.99. The van der Waals surface area contributed by atoms with Crippen LogP contribution in [0.3, 0.4) is 0 Å². The second-order valence-corrected chi connectivity index (χ2v) is 6.86. The van der Waals surface area contributed by atoms with E-state index in [2.05, 4.69) is 53.7 Å². The first kappa shape index (κ1) is 22.2. The van der Waals surface area contributed by atoms with Crippen LogP contribution in [0.1, 0.15) is 50.2 Å². The fourth-order valence-corrected chi connectivity index (χ4v) is 3.55. The molecule has 0 spiro atoms. The van der Waals surface area contributed by atoms with E-state index < -0.39 is 0 Å². The lowest BCUT2D eigenvalue weighted by atomic mass is 9.83. The van der Waals surface area contributed by atoms with Crippen molar-refractivity contribution in [3.05, 3.63) is 35.4 Å². The van der Waals surface area contributed by atoms with Crippen molar-refractivity contribution in [3.63, 3.8) is 0 Å². The minimum absolute atomic E-state index is 0. The highest BCUT2D eigenvalue weighted by Gasteiger charge is 2.33. The SMILES string of the molecule is CCOCCC1(CNC(=NC)NCc2ccccc2C)CCCC1.I. The lowest BCUT2D eigenvalue weighted by Crippen LogP contribution is -2.43. The third-order valence-electron chi connectivity index (χ3n) is 5.21. The summed E-state index contributed by atoms with van der Waals surface area (Å²) in [6.45, 7) is 7.67. The van der Waals surface area contributed by atoms with E-state index in [0.717, 1.165) is 38.7 Å². The van der Waals surface area contributed by atoms with Crippen LogP contribution in [-0.4, -0.2) is 32.8 Å². The topological polar surface area (TPSA) is 45.6 Å². The van der Waals surface area contributed by atoms with Gasteiger partial charge in [0.1, 0.15) is 0 Å². The van der Waals surface area contributed by atoms with Crippen molar-refractivity contribution in [2.45, 2.75) is 52.5 Å². The van der Waals surface area contributed by atoms with Crippen LogP contribution in [0.5, 0.6) is 0 Å². The third-order valence-corrected chi connectivity index (χ3v) is 5.21. The van der Waals surface area contributed by atoms with Crippen molar-refractivity contribution in [3.8, 4) is 0 Å². The number of benzene rings is 1. The van der Waals surface area contributed by atoms with Crippen LogP contribution in [-0.2, 0) is 11.3 Å². The predicted octanol–water partition coefficient (Wildman–Crippen LogP) is 4.27. The molecule has 5 heteroatoms. The molecule has 0 radical (unpaired) electrons. The number of aliphatic imine (C=N–C) groups is 1. The van der Waals surface area contributed by atoms with E-state index in [4.69, 9.17) is 4.74 Å². The molecule has 0 atom stereocenters. The molecule has 0 heterocycles. The van der Waals surface area contributed by atoms with Gasteiger partial charge in [-0.1, -0.05) is 37.1 Å². The van der Waals surface area contributed by atoms with Crippen molar-refractivity contribution in [2.75, 3.05) is 26.8 Å². The average Bonchev–Trinajstić information content (AvgIpc) is 3.06. The van der Waals surface area contributed by atoms with E-state index in [1.165, 1.54) is 36.8 Å². The number of guanidine groups is 1. The second-order valence-electron chi connectivity index (χ2n) is 6.86. The smallest absolute Gasteiger partial charge is 0.191 e. The Labute approximate surface area is 170 Å². The number of nitrogens with zero attached hydrogens (tertiary/aromatic N) is 1. The van der Waals surface area contributed by atoms with Gasteiger partial charge in [0.25, 0.3) is 0 Å². The molecular weight excluding hydrogens is 425 g/mol. The Kier molecular flexibility index (Phi) is 10.4. The van der Waals surface area contributed by atoms with Gasteiger partial charge in [-0.05, 0) is 49.7 Å². The molecule has 2 N–H and O–H groups in total. The van der Waals surface area contributed by atoms with Gasteiger partial charge >= 0.3 is 0 Å². The van der Waals surface area contributed by atoms with Crippen LogP contribution in [0.25, 0.3) is 0 Å². The van der Waals surface area contributed by atoms with Crippen molar-refractivity contribution >= 4 is 29.9 Å². The standard InChI is InChI=1S/C20H33N3O.HI/c1-4-24-14-13-20(11-7-8-12-20)16-23-19(21-3)22-15-18-10-6-5-9-17(18)2;/h5-6,9-10H,4,7-8,11-16H2,1-3H3,(H2,21,22,23);1H. The Bertz CT molecular complexity index is 527. The van der Waals surface area contributed by atoms with Gasteiger partial charge in [-0.3, -0.25) is 4.99 Å². The Morgan fingerprint density at radius 1 is 1.20 bits per heavy atom. The fraction of sp³-hybridized carbons (Fsp3) is 0.650. The molecule has 0 amide bonds. The van der Waals surface area contributed by atoms with Crippen molar-refractivity contribution in [1.82, 2.24) is 10.6 Å². The maximum Gasteiger partial charge on any atom is 0.191 e. The predicted molar refractivity (Wildman–Crippen MR) is 117 cm³/mol. The molecule has 2 rings (SSSR count). The van der Waals surface area contributed by atoms with Crippen LogP contribution in [0.15, 0.2) is 29.3 Å². The molecule has 1 aliphatic carbocycles. The Balaban J connectivity index is 0.00000312. The molecule has 25 heavy (non-hydrogen) atoms. The first-order chi connectivity index (χ1) is 11.7. The number of aryl methyl sites for hydroxylation is 1. The largest absolute Gasteiger partial charge is 0.382 e. The summed E-state index contributed by atoms with van der Waals surface area (Å²) in [5.41, 5.74) is 2.99. The van der Waals surface area contributed by atoms with Crippen LogP contribution in [0, 0.1) is 12.3 Å². The molecule has 1 aromatic carbocycles. The van der Waals surface area contributed by atoms with Crippen molar-refractivity contribution in [1.29, 1.82) is 0 Å². The molecule has 142 valence electrons. The maximum absolute atomic E-state index is 5.60. The van der Waals surface area contributed by atoms with E-state index in [9.17, 15) is 0 Å². The van der Waals surface area contributed by atoms with Gasteiger partial charge < -0.3 is 15.4 Å². The van der Waals surface area contributed by atoms with Crippen molar-refractivity contribution in [2.24, 2.45) is 10.4 Å². The summed E-state index contributed by atoms with van der Waals surface area (Å²) < 4.78 is 5.60. The van der Waals surface area contributed by atoms with Crippen LogP contribution >= 0.6 is 24.0 Å². The molecule has 1 aromatic rings. The van der Waals surface area contributed by atoms with Gasteiger partial charge in [0.15, 0.2) is 5.96 Å². The molecule has 1 fully saturated rings. The summed E-state index contributed by atoms with van der Waals surface area (Å²) in [4.78, 5) is 4.38. The van der Waals surface area contributed by atoms with Gasteiger partial charge in [0, 0.05) is 33.4 Å². The highest BCUT2D eigenvalue weighted by Crippen LogP contribution is 2.40. The quantitative estimate of drug-likeness (QED) is 0.264. The van der Waals surface area contributed by atoms with E-state index in [0.29, 0.717) is 5.41 Å². The molecule has 0 saturated heterocycles. The molecule has 1 saturated carbocycles. The highest BCUT2D eigenvalue weighted by atomic mass is 127. The molecule has 0 bridgehead atoms. The van der Waals surface area contributed by atoms with E-state index >= 15 is 0 Å². The summed E-state index contributed by atoms with van der Waals surface area (Å²) in [6.07, 6.45) is 6.40. The zero-order valence-electron chi connectivity index (χ0n) is 15.9. The second kappa shape index (κ2) is 11.7. The monoisotopic (exact) mass is 459 g/mol. The Hall–Kier alpha value is -0.820. The number of nitrogens with one attached hydrogen (secondary N) is 2. The molecule has 0 unspecified atom stereocenters. The van der Waals surface area contributed by atoms with Gasteiger partial charge in [-0.15, -0.1) is 24.0 Å². The Morgan fingerprint density at radius 3 is 2.56 bits per heavy atom. The number of rotatable bonds is 8. The normalized spacial score (nSPS) is 16.4. The van der Waals surface area contributed by atoms with Crippen LogP contribution in [0.4, 0.5) is 0 Å². The number of hydrogen-bond donors (Lipinski definition) is 2. The van der Waals surface area contributed by atoms with Gasteiger partial charge in [-0.2, -0.15) is 0 Å². The lowest BCUT2D eigenvalue weighted by Gasteiger charge is -2.30. The number of halogens is 1. The van der Waals surface area contributed by atoms with Crippen LogP contribution in [0.2, 0.25) is 0 Å². The highest BCUT2D eigenvalue weighted by molar-refractivity contribution is 14.0. The summed E-state index contributed by atoms with van der Waals surface area (Å²) in [6, 6.07) is 8.47. The van der Waals surface area contributed by atoms with E-state index in [1.54, 1.807) is 0 Å². The zero-order valence-corrected chi connectivity index (χ0v) is 18.3. The molecular formula is C20H34IN3O. The van der Waals surface area contributed by atoms with Gasteiger partial charge in [0.05, 0.1) is 0 Å². The van der Waals surface area contributed by atoms with Gasteiger partial charge in [-0.25, -0.2) is 0 Å². The average molecular weight is 459 g/mol. The first-order valence-corrected chi connectivity index (χ1v) is 9.26. The molecule has 1 aliphatic rings. The summed E-state index contributed by atoms with van der Waals surface area (Å²) in [7, 11) is 1.84. The minimum atomic E-state index is 0. The third kappa shape index (κ3) is 7.13. The van der Waals surface area contributed by atoms with Gasteiger partial charge in [0.2, 0.25) is 0 Å². The molecule has 0 aromatic heterocycles. The van der Waals surface area contributed by atoms with Crippen molar-refractivity contribution < 1.29 is 4.74 Å². The Morgan fingerprint density at radius 2 is 1.92 bits per heavy atom. The number of hydrogen-bond acceptors (Lipinski definition) is 2. The number of ether oxygens (including phenoxy) is 1. The van der Waals surface area contributed by atoms with E-state index in [1.807, 2.05) is 7.05 Å². The summed E-state index contributed by atoms with van der Waals surface area (Å²) >= 11 is 0. The fourth-order valence-electron chi connectivity index (χ4n) is 3.55.